The zero-order valence-electron chi connectivity index (χ0n) is 20.2. The zero-order chi connectivity index (χ0) is 24.1. The van der Waals surface area contributed by atoms with Gasteiger partial charge < -0.3 is 37.3 Å². The molecule has 32 heavy (non-hydrogen) atoms. The molecule has 0 amide bonds. The number of carbonyl (C=O) groups is 1. The SMILES string of the molecule is CCO[Si](CCCOCCOCCOCCOCCCC(C)(Br)C(=O)O)(OCC)OCC. The summed E-state index contributed by atoms with van der Waals surface area (Å²) in [4.78, 5) is 11.0. The minimum atomic E-state index is -2.58. The number of hydrogen-bond acceptors (Lipinski definition) is 8. The van der Waals surface area contributed by atoms with E-state index in [2.05, 4.69) is 15.9 Å². The van der Waals surface area contributed by atoms with Crippen LogP contribution in [0.25, 0.3) is 0 Å². The van der Waals surface area contributed by atoms with E-state index in [9.17, 15) is 4.79 Å². The van der Waals surface area contributed by atoms with Gasteiger partial charge >= 0.3 is 14.8 Å². The second kappa shape index (κ2) is 20.3. The summed E-state index contributed by atoms with van der Waals surface area (Å²) < 4.78 is 38.5. The van der Waals surface area contributed by atoms with Gasteiger partial charge in [-0.15, -0.1) is 0 Å². The van der Waals surface area contributed by atoms with Crippen LogP contribution >= 0.6 is 15.9 Å². The molecule has 0 aliphatic rings. The minimum absolute atomic E-state index is 0.477. The van der Waals surface area contributed by atoms with Gasteiger partial charge in [0.25, 0.3) is 0 Å². The van der Waals surface area contributed by atoms with E-state index in [1.54, 1.807) is 6.92 Å². The van der Waals surface area contributed by atoms with Crippen LogP contribution < -0.4 is 0 Å². The lowest BCUT2D eigenvalue weighted by atomic mass is 10.1. The number of rotatable bonds is 24. The topological polar surface area (TPSA) is 102 Å². The molecule has 0 saturated heterocycles. The predicted octanol–water partition coefficient (Wildman–Crippen LogP) is 3.51. The number of alkyl halides is 1. The maximum Gasteiger partial charge on any atom is 0.501 e. The first-order chi connectivity index (χ1) is 15.3. The third kappa shape index (κ3) is 16.5. The highest BCUT2D eigenvalue weighted by molar-refractivity contribution is 9.10. The fraction of sp³-hybridized carbons (Fsp3) is 0.952. The van der Waals surface area contributed by atoms with Crippen molar-refractivity contribution in [2.24, 2.45) is 0 Å². The first-order valence-corrected chi connectivity index (χ1v) is 14.2. The van der Waals surface area contributed by atoms with E-state index < -0.39 is 19.1 Å². The van der Waals surface area contributed by atoms with Gasteiger partial charge in [0, 0.05) is 39.1 Å². The number of carboxylic acid groups (broad SMARTS) is 1. The average Bonchev–Trinajstić information content (AvgIpc) is 2.74. The van der Waals surface area contributed by atoms with E-state index in [0.29, 0.717) is 85.5 Å². The lowest BCUT2D eigenvalue weighted by molar-refractivity contribution is -0.139. The molecule has 0 rings (SSSR count). The summed E-state index contributed by atoms with van der Waals surface area (Å²) in [5.41, 5.74) is 0. The number of halogens is 1. The molecule has 0 aliphatic carbocycles. The second-order valence-electron chi connectivity index (χ2n) is 7.14. The van der Waals surface area contributed by atoms with Crippen molar-refractivity contribution in [3.05, 3.63) is 0 Å². The van der Waals surface area contributed by atoms with E-state index in [4.69, 9.17) is 37.3 Å². The molecule has 0 fully saturated rings. The highest BCUT2D eigenvalue weighted by atomic mass is 79.9. The zero-order valence-corrected chi connectivity index (χ0v) is 22.8. The first-order valence-electron chi connectivity index (χ1n) is 11.5. The highest BCUT2D eigenvalue weighted by Gasteiger charge is 2.39. The van der Waals surface area contributed by atoms with Crippen molar-refractivity contribution in [3.63, 3.8) is 0 Å². The number of ether oxygens (including phenoxy) is 4. The average molecular weight is 548 g/mol. The largest absolute Gasteiger partial charge is 0.501 e. The van der Waals surface area contributed by atoms with Crippen LogP contribution in [-0.2, 0) is 37.0 Å². The van der Waals surface area contributed by atoms with Gasteiger partial charge in [-0.25, -0.2) is 0 Å². The van der Waals surface area contributed by atoms with Crippen LogP contribution in [0.4, 0.5) is 0 Å². The Balaban J connectivity index is 3.51. The minimum Gasteiger partial charge on any atom is -0.480 e. The third-order valence-corrected chi connectivity index (χ3v) is 8.25. The van der Waals surface area contributed by atoms with E-state index in [-0.39, 0.29) is 0 Å². The summed E-state index contributed by atoms with van der Waals surface area (Å²) in [6.45, 7) is 13.4. The molecule has 0 saturated carbocycles. The molecule has 0 aromatic heterocycles. The molecule has 0 aromatic carbocycles. The molecule has 192 valence electrons. The van der Waals surface area contributed by atoms with Crippen LogP contribution in [-0.4, -0.2) is 96.9 Å². The highest BCUT2D eigenvalue weighted by Crippen LogP contribution is 2.23. The van der Waals surface area contributed by atoms with Gasteiger partial charge in [-0.2, -0.15) is 0 Å². The van der Waals surface area contributed by atoms with Crippen molar-refractivity contribution in [1.82, 2.24) is 0 Å². The fourth-order valence-corrected chi connectivity index (χ4v) is 5.63. The van der Waals surface area contributed by atoms with Gasteiger partial charge in [-0.3, -0.25) is 4.79 Å². The molecule has 0 radical (unpaired) electrons. The number of hydrogen-bond donors (Lipinski definition) is 1. The standard InChI is InChI=1S/C21H43BrO9Si/c1-5-29-32(30-6-2,31-7-3)19-9-12-26-14-16-28-18-17-27-15-13-25-11-8-10-21(4,22)20(23)24/h5-19H2,1-4H3,(H,23,24). The van der Waals surface area contributed by atoms with Crippen LogP contribution in [0.2, 0.25) is 6.04 Å². The first kappa shape index (κ1) is 31.9. The molecule has 0 aliphatic heterocycles. The summed E-state index contributed by atoms with van der Waals surface area (Å²) in [7, 11) is -2.58. The van der Waals surface area contributed by atoms with Crippen LogP contribution in [0.1, 0.15) is 47.0 Å². The van der Waals surface area contributed by atoms with Gasteiger partial charge in [0.1, 0.15) is 4.32 Å². The summed E-state index contributed by atoms with van der Waals surface area (Å²) in [5, 5.41) is 9.00. The van der Waals surface area contributed by atoms with E-state index in [1.165, 1.54) is 0 Å². The van der Waals surface area contributed by atoms with Crippen molar-refractivity contribution in [2.45, 2.75) is 57.3 Å². The quantitative estimate of drug-likeness (QED) is 0.111. The Bertz CT molecular complexity index is 438. The van der Waals surface area contributed by atoms with Crippen molar-refractivity contribution in [3.8, 4) is 0 Å². The summed E-state index contributed by atoms with van der Waals surface area (Å²) in [5.74, 6) is -0.861. The fourth-order valence-electron chi connectivity index (χ4n) is 2.77. The molecule has 9 nitrogen and oxygen atoms in total. The van der Waals surface area contributed by atoms with E-state index >= 15 is 0 Å². The van der Waals surface area contributed by atoms with Gasteiger partial charge in [0.2, 0.25) is 0 Å². The molecule has 1 atom stereocenters. The molecule has 0 heterocycles. The molecular formula is C21H43BrO9Si. The van der Waals surface area contributed by atoms with Crippen LogP contribution in [0.5, 0.6) is 0 Å². The van der Waals surface area contributed by atoms with E-state index in [0.717, 1.165) is 12.5 Å². The van der Waals surface area contributed by atoms with Gasteiger partial charge in [0.05, 0.1) is 39.6 Å². The summed E-state index contributed by atoms with van der Waals surface area (Å²) >= 11 is 3.20. The van der Waals surface area contributed by atoms with Gasteiger partial charge in [0.15, 0.2) is 0 Å². The van der Waals surface area contributed by atoms with Gasteiger partial charge in [-0.1, -0.05) is 15.9 Å². The molecule has 0 aromatic rings. The van der Waals surface area contributed by atoms with E-state index in [1.807, 2.05) is 20.8 Å². The summed E-state index contributed by atoms with van der Waals surface area (Å²) in [6.07, 6.45) is 2.00. The summed E-state index contributed by atoms with van der Waals surface area (Å²) in [6, 6.07) is 0.744. The normalized spacial score (nSPS) is 13.9. The molecule has 1 unspecified atom stereocenters. The smallest absolute Gasteiger partial charge is 0.480 e. The lowest BCUT2D eigenvalue weighted by Gasteiger charge is -2.28. The Labute approximate surface area is 202 Å². The second-order valence-corrected chi connectivity index (χ2v) is 11.6. The molecule has 0 bridgehead atoms. The Hall–Kier alpha value is -0.113. The Morgan fingerprint density at radius 3 is 1.50 bits per heavy atom. The Morgan fingerprint density at radius 2 is 1.12 bits per heavy atom. The van der Waals surface area contributed by atoms with Crippen molar-refractivity contribution < 1.29 is 42.1 Å². The maximum absolute atomic E-state index is 11.0. The molecule has 0 spiro atoms. The van der Waals surface area contributed by atoms with Crippen LogP contribution in [0, 0.1) is 0 Å². The molecule has 1 N–H and O–H groups in total. The molecular weight excluding hydrogens is 504 g/mol. The maximum atomic E-state index is 11.0. The Morgan fingerprint density at radius 1 is 0.750 bits per heavy atom. The monoisotopic (exact) mass is 546 g/mol. The van der Waals surface area contributed by atoms with Crippen LogP contribution in [0.15, 0.2) is 0 Å². The lowest BCUT2D eigenvalue weighted by Crippen LogP contribution is -2.46. The number of aliphatic carboxylic acids is 1. The van der Waals surface area contributed by atoms with Crippen LogP contribution in [0.3, 0.4) is 0 Å². The molecule has 11 heteroatoms. The van der Waals surface area contributed by atoms with Crippen molar-refractivity contribution >= 4 is 30.7 Å². The predicted molar refractivity (Wildman–Crippen MR) is 128 cm³/mol. The number of carboxylic acids is 1. The van der Waals surface area contributed by atoms with Crippen molar-refractivity contribution in [1.29, 1.82) is 0 Å². The Kier molecular flexibility index (Phi) is 20.2. The van der Waals surface area contributed by atoms with Gasteiger partial charge in [-0.05, 0) is 47.0 Å². The third-order valence-electron chi connectivity index (χ3n) is 4.36. The van der Waals surface area contributed by atoms with Crippen molar-refractivity contribution in [2.75, 3.05) is 72.7 Å².